The van der Waals surface area contributed by atoms with E-state index in [4.69, 9.17) is 10.5 Å². The fourth-order valence-electron chi connectivity index (χ4n) is 0.927. The Morgan fingerprint density at radius 3 is 1.92 bits per heavy atom. The van der Waals surface area contributed by atoms with Crippen LogP contribution in [0.3, 0.4) is 0 Å². The molecule has 1 fully saturated rings. The Balaban J connectivity index is 0.000000261. The van der Waals surface area contributed by atoms with Crippen molar-refractivity contribution in [1.82, 2.24) is 5.32 Å². The number of rotatable bonds is 1. The first kappa shape index (κ1) is 10.7. The van der Waals surface area contributed by atoms with Gasteiger partial charge in [0.25, 0.3) is 0 Å². The smallest absolute Gasteiger partial charge is 0.309 e. The molecule has 1 rings (SSSR count). The van der Waals surface area contributed by atoms with Gasteiger partial charge in [-0.15, -0.1) is 0 Å². The molecule has 6 heteroatoms. The minimum absolute atomic E-state index is 0.0463. The molecule has 1 aliphatic heterocycles. The summed E-state index contributed by atoms with van der Waals surface area (Å²) in [5.74, 6) is -0.220. The van der Waals surface area contributed by atoms with Crippen LogP contribution in [0.4, 0.5) is 4.79 Å². The van der Waals surface area contributed by atoms with Gasteiger partial charge in [0.1, 0.15) is 0 Å². The van der Waals surface area contributed by atoms with Crippen molar-refractivity contribution in [2.24, 2.45) is 17.2 Å². The first-order chi connectivity index (χ1) is 5.54. The fraction of sp³-hybridized carbons (Fsp3) is 0.667. The minimum atomic E-state index is -0.833. The number of amides is 3. The zero-order valence-corrected chi connectivity index (χ0v) is 6.75. The Kier molecular flexibility index (Phi) is 4.78. The lowest BCUT2D eigenvalue weighted by molar-refractivity contribution is -0.119. The summed E-state index contributed by atoms with van der Waals surface area (Å²) < 4.78 is 0. The van der Waals surface area contributed by atoms with E-state index in [0.717, 1.165) is 19.4 Å². The molecule has 1 saturated heterocycles. The monoisotopic (exact) mass is 174 g/mol. The topological polar surface area (TPSA) is 124 Å². The molecule has 0 spiro atoms. The third-order valence-corrected chi connectivity index (χ3v) is 1.40. The predicted octanol–water partition coefficient (Wildman–Crippen LogP) is -1.75. The average molecular weight is 174 g/mol. The van der Waals surface area contributed by atoms with E-state index in [1.807, 2.05) is 0 Å². The van der Waals surface area contributed by atoms with Crippen molar-refractivity contribution in [3.63, 3.8) is 0 Å². The largest absolute Gasteiger partial charge is 0.368 e. The van der Waals surface area contributed by atoms with Crippen LogP contribution >= 0.6 is 0 Å². The van der Waals surface area contributed by atoms with E-state index in [0.29, 0.717) is 0 Å². The van der Waals surface area contributed by atoms with Gasteiger partial charge in [0.05, 0.1) is 6.04 Å². The van der Waals surface area contributed by atoms with Crippen molar-refractivity contribution in [3.8, 4) is 0 Å². The molecule has 0 bridgehead atoms. The van der Waals surface area contributed by atoms with Gasteiger partial charge in [0, 0.05) is 0 Å². The standard InChI is InChI=1S/C5H10N2O.CH4N2O/c6-5(8)4-2-1-3-7-4;2-1(3)4/h4,7H,1-3H2,(H2,6,8);(H4,2,3,4)/t4-;/m0./s1. The highest BCUT2D eigenvalue weighted by molar-refractivity contribution is 5.80. The molecule has 0 saturated carbocycles. The second kappa shape index (κ2) is 5.36. The SMILES string of the molecule is NC(=O)[C@@H]1CCCN1.NC(N)=O. The average Bonchev–Trinajstić information content (AvgIpc) is 2.34. The number of carbonyl (C=O) groups is 2. The van der Waals surface area contributed by atoms with E-state index in [1.54, 1.807) is 0 Å². The molecule has 0 radical (unpaired) electrons. The summed E-state index contributed by atoms with van der Waals surface area (Å²) in [7, 11) is 0. The van der Waals surface area contributed by atoms with Crippen molar-refractivity contribution in [3.05, 3.63) is 0 Å². The highest BCUT2D eigenvalue weighted by Crippen LogP contribution is 2.02. The maximum absolute atomic E-state index is 10.4. The predicted molar refractivity (Wildman–Crippen MR) is 44.0 cm³/mol. The molecule has 0 aromatic rings. The van der Waals surface area contributed by atoms with Crippen LogP contribution in [0.15, 0.2) is 0 Å². The van der Waals surface area contributed by atoms with Gasteiger partial charge < -0.3 is 22.5 Å². The lowest BCUT2D eigenvalue weighted by Gasteiger charge is -2.01. The van der Waals surface area contributed by atoms with Gasteiger partial charge in [-0.1, -0.05) is 0 Å². The fourth-order valence-corrected chi connectivity index (χ4v) is 0.927. The number of hydrogen-bond acceptors (Lipinski definition) is 3. The van der Waals surface area contributed by atoms with Gasteiger partial charge in [-0.25, -0.2) is 4.79 Å². The molecule has 0 aromatic carbocycles. The maximum Gasteiger partial charge on any atom is 0.309 e. The quantitative estimate of drug-likeness (QED) is 0.376. The molecule has 7 N–H and O–H groups in total. The summed E-state index contributed by atoms with van der Waals surface area (Å²) in [6.45, 7) is 0.938. The Morgan fingerprint density at radius 2 is 1.75 bits per heavy atom. The van der Waals surface area contributed by atoms with E-state index >= 15 is 0 Å². The first-order valence-electron chi connectivity index (χ1n) is 3.61. The van der Waals surface area contributed by atoms with Crippen molar-refractivity contribution in [2.45, 2.75) is 18.9 Å². The Labute approximate surface area is 70.5 Å². The normalized spacial score (nSPS) is 20.8. The number of nitrogens with one attached hydrogen (secondary N) is 1. The van der Waals surface area contributed by atoms with Crippen molar-refractivity contribution in [1.29, 1.82) is 0 Å². The second-order valence-electron chi connectivity index (χ2n) is 2.45. The summed E-state index contributed by atoms with van der Waals surface area (Å²) in [4.78, 5) is 19.4. The van der Waals surface area contributed by atoms with Crippen LogP contribution in [0, 0.1) is 0 Å². The lowest BCUT2D eigenvalue weighted by Crippen LogP contribution is -2.36. The van der Waals surface area contributed by atoms with Gasteiger partial charge in [0.15, 0.2) is 0 Å². The van der Waals surface area contributed by atoms with E-state index in [2.05, 4.69) is 16.8 Å². The molecule has 1 heterocycles. The summed E-state index contributed by atoms with van der Waals surface area (Å²) >= 11 is 0. The molecular formula is C6H14N4O2. The van der Waals surface area contributed by atoms with Crippen LogP contribution in [-0.2, 0) is 4.79 Å². The third kappa shape index (κ3) is 5.48. The summed E-state index contributed by atoms with van der Waals surface area (Å²) in [6.07, 6.45) is 1.99. The Hall–Kier alpha value is -1.30. The maximum atomic E-state index is 10.4. The van der Waals surface area contributed by atoms with Gasteiger partial charge in [-0.2, -0.15) is 0 Å². The zero-order valence-electron chi connectivity index (χ0n) is 6.75. The van der Waals surface area contributed by atoms with Gasteiger partial charge in [-0.05, 0) is 19.4 Å². The van der Waals surface area contributed by atoms with Crippen molar-refractivity contribution < 1.29 is 9.59 Å². The first-order valence-corrected chi connectivity index (χ1v) is 3.61. The number of hydrogen-bond donors (Lipinski definition) is 4. The number of urea groups is 1. The van der Waals surface area contributed by atoms with E-state index < -0.39 is 6.03 Å². The van der Waals surface area contributed by atoms with Gasteiger partial charge >= 0.3 is 6.03 Å². The Morgan fingerprint density at radius 1 is 1.25 bits per heavy atom. The van der Waals surface area contributed by atoms with Gasteiger partial charge in [-0.3, -0.25) is 4.79 Å². The van der Waals surface area contributed by atoms with Crippen LogP contribution in [0.1, 0.15) is 12.8 Å². The van der Waals surface area contributed by atoms with E-state index in [-0.39, 0.29) is 11.9 Å². The molecule has 3 amide bonds. The molecule has 0 aliphatic carbocycles. The van der Waals surface area contributed by atoms with Crippen LogP contribution < -0.4 is 22.5 Å². The molecule has 1 atom stereocenters. The van der Waals surface area contributed by atoms with Crippen molar-refractivity contribution in [2.75, 3.05) is 6.54 Å². The molecule has 6 nitrogen and oxygen atoms in total. The third-order valence-electron chi connectivity index (χ3n) is 1.40. The van der Waals surface area contributed by atoms with Crippen LogP contribution in [-0.4, -0.2) is 24.5 Å². The van der Waals surface area contributed by atoms with Crippen LogP contribution in [0.2, 0.25) is 0 Å². The number of primary amides is 3. The molecule has 0 unspecified atom stereocenters. The van der Waals surface area contributed by atoms with E-state index in [9.17, 15) is 4.79 Å². The molecule has 12 heavy (non-hydrogen) atoms. The Bertz CT molecular complexity index is 161. The van der Waals surface area contributed by atoms with Crippen LogP contribution in [0.5, 0.6) is 0 Å². The number of carbonyl (C=O) groups excluding carboxylic acids is 2. The summed E-state index contributed by atoms with van der Waals surface area (Å²) in [5.41, 5.74) is 13.5. The molecule has 1 aliphatic rings. The molecule has 0 aromatic heterocycles. The molecular weight excluding hydrogens is 160 g/mol. The van der Waals surface area contributed by atoms with Crippen molar-refractivity contribution >= 4 is 11.9 Å². The van der Waals surface area contributed by atoms with Crippen LogP contribution in [0.25, 0.3) is 0 Å². The second-order valence-corrected chi connectivity index (χ2v) is 2.45. The highest BCUT2D eigenvalue weighted by atomic mass is 16.2. The lowest BCUT2D eigenvalue weighted by atomic mass is 10.2. The zero-order chi connectivity index (χ0) is 9.56. The molecule has 70 valence electrons. The summed E-state index contributed by atoms with van der Waals surface area (Å²) in [5, 5.41) is 2.98. The highest BCUT2D eigenvalue weighted by Gasteiger charge is 2.18. The number of nitrogens with two attached hydrogens (primary N) is 3. The van der Waals surface area contributed by atoms with Gasteiger partial charge in [0.2, 0.25) is 5.91 Å². The minimum Gasteiger partial charge on any atom is -0.368 e. The van der Waals surface area contributed by atoms with E-state index in [1.165, 1.54) is 0 Å². The summed E-state index contributed by atoms with van der Waals surface area (Å²) in [6, 6.07) is -0.880.